The SMILES string of the molecule is NCCCCC(NC(=O)C1CC1)C(=O)O. The van der Waals surface area contributed by atoms with E-state index < -0.39 is 12.0 Å². The summed E-state index contributed by atoms with van der Waals surface area (Å²) < 4.78 is 0. The highest BCUT2D eigenvalue weighted by Crippen LogP contribution is 2.29. The third kappa shape index (κ3) is 4.29. The molecule has 0 aromatic carbocycles. The van der Waals surface area contributed by atoms with Crippen LogP contribution in [0.15, 0.2) is 0 Å². The second-order valence-electron chi connectivity index (χ2n) is 3.96. The Morgan fingerprint density at radius 1 is 1.40 bits per heavy atom. The average Bonchev–Trinajstić information content (AvgIpc) is 2.99. The van der Waals surface area contributed by atoms with E-state index in [0.29, 0.717) is 13.0 Å². The molecule has 15 heavy (non-hydrogen) atoms. The summed E-state index contributed by atoms with van der Waals surface area (Å²) in [6, 6.07) is -0.746. The quantitative estimate of drug-likeness (QED) is 0.524. The monoisotopic (exact) mass is 214 g/mol. The van der Waals surface area contributed by atoms with Gasteiger partial charge in [-0.15, -0.1) is 0 Å². The predicted octanol–water partition coefficient (Wildman–Crippen LogP) is 0.0948. The molecule has 1 unspecified atom stereocenters. The van der Waals surface area contributed by atoms with E-state index in [1.807, 2.05) is 0 Å². The van der Waals surface area contributed by atoms with Crippen LogP contribution >= 0.6 is 0 Å². The van der Waals surface area contributed by atoms with Gasteiger partial charge in [0.25, 0.3) is 0 Å². The fourth-order valence-electron chi connectivity index (χ4n) is 1.39. The van der Waals surface area contributed by atoms with Crippen LogP contribution in [-0.2, 0) is 9.59 Å². The summed E-state index contributed by atoms with van der Waals surface area (Å²) in [5.41, 5.74) is 5.32. The Morgan fingerprint density at radius 3 is 2.53 bits per heavy atom. The Kier molecular flexibility index (Phi) is 4.55. The Bertz CT molecular complexity index is 239. The van der Waals surface area contributed by atoms with E-state index in [2.05, 4.69) is 5.32 Å². The van der Waals surface area contributed by atoms with Crippen LogP contribution in [0.4, 0.5) is 0 Å². The van der Waals surface area contributed by atoms with Crippen LogP contribution < -0.4 is 11.1 Å². The van der Waals surface area contributed by atoms with Crippen molar-refractivity contribution in [3.8, 4) is 0 Å². The first-order valence-corrected chi connectivity index (χ1v) is 5.38. The van der Waals surface area contributed by atoms with Crippen LogP contribution in [0.1, 0.15) is 32.1 Å². The molecule has 0 spiro atoms. The van der Waals surface area contributed by atoms with Crippen molar-refractivity contribution in [1.82, 2.24) is 5.32 Å². The summed E-state index contributed by atoms with van der Waals surface area (Å²) in [7, 11) is 0. The topological polar surface area (TPSA) is 92.4 Å². The van der Waals surface area contributed by atoms with Crippen molar-refractivity contribution in [2.45, 2.75) is 38.1 Å². The second kappa shape index (κ2) is 5.70. The van der Waals surface area contributed by atoms with E-state index in [0.717, 1.165) is 25.7 Å². The van der Waals surface area contributed by atoms with Crippen molar-refractivity contribution in [2.75, 3.05) is 6.54 Å². The molecule has 1 rings (SSSR count). The number of hydrogen-bond acceptors (Lipinski definition) is 3. The minimum Gasteiger partial charge on any atom is -0.480 e. The van der Waals surface area contributed by atoms with Crippen molar-refractivity contribution < 1.29 is 14.7 Å². The lowest BCUT2D eigenvalue weighted by atomic mass is 10.1. The molecule has 1 aliphatic carbocycles. The first-order chi connectivity index (χ1) is 7.15. The molecule has 0 radical (unpaired) electrons. The van der Waals surface area contributed by atoms with Crippen LogP contribution in [0, 0.1) is 5.92 Å². The average molecular weight is 214 g/mol. The number of rotatable bonds is 7. The molecule has 1 aliphatic rings. The molecular weight excluding hydrogens is 196 g/mol. The van der Waals surface area contributed by atoms with Crippen molar-refractivity contribution >= 4 is 11.9 Å². The summed E-state index contributed by atoms with van der Waals surface area (Å²) in [4.78, 5) is 22.2. The number of carbonyl (C=O) groups excluding carboxylic acids is 1. The van der Waals surface area contributed by atoms with E-state index in [1.165, 1.54) is 0 Å². The molecule has 0 aliphatic heterocycles. The molecule has 0 aromatic rings. The van der Waals surface area contributed by atoms with Crippen LogP contribution in [0.2, 0.25) is 0 Å². The third-order valence-corrected chi connectivity index (χ3v) is 2.51. The van der Waals surface area contributed by atoms with Crippen molar-refractivity contribution in [2.24, 2.45) is 11.7 Å². The molecule has 0 aromatic heterocycles. The highest BCUT2D eigenvalue weighted by Gasteiger charge is 2.32. The maximum absolute atomic E-state index is 11.4. The molecule has 86 valence electrons. The van der Waals surface area contributed by atoms with Gasteiger partial charge in [-0.3, -0.25) is 4.79 Å². The lowest BCUT2D eigenvalue weighted by Gasteiger charge is -2.13. The molecule has 1 saturated carbocycles. The predicted molar refractivity (Wildman–Crippen MR) is 55.2 cm³/mol. The van der Waals surface area contributed by atoms with Crippen molar-refractivity contribution in [1.29, 1.82) is 0 Å². The molecule has 1 atom stereocenters. The van der Waals surface area contributed by atoms with Gasteiger partial charge in [0.15, 0.2) is 0 Å². The molecule has 1 fully saturated rings. The van der Waals surface area contributed by atoms with Crippen molar-refractivity contribution in [3.63, 3.8) is 0 Å². The first kappa shape index (κ1) is 12.0. The maximum Gasteiger partial charge on any atom is 0.326 e. The summed E-state index contributed by atoms with van der Waals surface area (Å²) in [5, 5.41) is 11.4. The van der Waals surface area contributed by atoms with Gasteiger partial charge < -0.3 is 16.2 Å². The normalized spacial score (nSPS) is 17.1. The van der Waals surface area contributed by atoms with Crippen LogP contribution in [0.25, 0.3) is 0 Å². The van der Waals surface area contributed by atoms with Crippen LogP contribution in [0.5, 0.6) is 0 Å². The number of carbonyl (C=O) groups is 2. The van der Waals surface area contributed by atoms with Crippen LogP contribution in [-0.4, -0.2) is 29.6 Å². The molecule has 5 nitrogen and oxygen atoms in total. The number of nitrogens with two attached hydrogens (primary N) is 1. The zero-order valence-corrected chi connectivity index (χ0v) is 8.74. The molecule has 4 N–H and O–H groups in total. The van der Waals surface area contributed by atoms with Gasteiger partial charge in [0.1, 0.15) is 6.04 Å². The van der Waals surface area contributed by atoms with Gasteiger partial charge in [0.05, 0.1) is 0 Å². The van der Waals surface area contributed by atoms with Gasteiger partial charge in [-0.05, 0) is 38.6 Å². The Labute approximate surface area is 89.0 Å². The van der Waals surface area contributed by atoms with E-state index in [4.69, 9.17) is 10.8 Å². The van der Waals surface area contributed by atoms with E-state index in [-0.39, 0.29) is 11.8 Å². The minimum absolute atomic E-state index is 0.0568. The molecule has 0 bridgehead atoms. The Morgan fingerprint density at radius 2 is 2.07 bits per heavy atom. The molecule has 5 heteroatoms. The van der Waals surface area contributed by atoms with Gasteiger partial charge in [-0.25, -0.2) is 4.79 Å². The number of unbranched alkanes of at least 4 members (excludes halogenated alkanes) is 1. The van der Waals surface area contributed by atoms with Gasteiger partial charge in [-0.1, -0.05) is 0 Å². The minimum atomic E-state index is -0.957. The number of carboxylic acids is 1. The Balaban J connectivity index is 2.28. The highest BCUT2D eigenvalue weighted by atomic mass is 16.4. The molecule has 0 saturated heterocycles. The fraction of sp³-hybridized carbons (Fsp3) is 0.800. The van der Waals surface area contributed by atoms with Gasteiger partial charge in [-0.2, -0.15) is 0 Å². The van der Waals surface area contributed by atoms with Gasteiger partial charge in [0.2, 0.25) is 5.91 Å². The number of amides is 1. The number of aliphatic carboxylic acids is 1. The van der Waals surface area contributed by atoms with Gasteiger partial charge >= 0.3 is 5.97 Å². The highest BCUT2D eigenvalue weighted by molar-refractivity contribution is 5.86. The zero-order chi connectivity index (χ0) is 11.3. The van der Waals surface area contributed by atoms with Crippen molar-refractivity contribution in [3.05, 3.63) is 0 Å². The lowest BCUT2D eigenvalue weighted by Crippen LogP contribution is -2.41. The summed E-state index contributed by atoms with van der Waals surface area (Å²) >= 11 is 0. The van der Waals surface area contributed by atoms with E-state index in [1.54, 1.807) is 0 Å². The van der Waals surface area contributed by atoms with Crippen LogP contribution in [0.3, 0.4) is 0 Å². The molecule has 1 amide bonds. The summed E-state index contributed by atoms with van der Waals surface area (Å²) in [5.74, 6) is -1.02. The lowest BCUT2D eigenvalue weighted by molar-refractivity contribution is -0.142. The number of carboxylic acid groups (broad SMARTS) is 1. The standard InChI is InChI=1S/C10H18N2O3/c11-6-2-1-3-8(10(14)15)12-9(13)7-4-5-7/h7-8H,1-6,11H2,(H,12,13)(H,14,15). The molecule has 0 heterocycles. The number of nitrogens with one attached hydrogen (secondary N) is 1. The Hall–Kier alpha value is -1.10. The maximum atomic E-state index is 11.4. The third-order valence-electron chi connectivity index (χ3n) is 2.51. The molecular formula is C10H18N2O3. The van der Waals surface area contributed by atoms with E-state index in [9.17, 15) is 9.59 Å². The van der Waals surface area contributed by atoms with E-state index >= 15 is 0 Å². The van der Waals surface area contributed by atoms with Gasteiger partial charge in [0, 0.05) is 5.92 Å². The first-order valence-electron chi connectivity index (χ1n) is 5.38. The smallest absolute Gasteiger partial charge is 0.326 e. The fourth-order valence-corrected chi connectivity index (χ4v) is 1.39. The second-order valence-corrected chi connectivity index (χ2v) is 3.96. The number of hydrogen-bond donors (Lipinski definition) is 3. The zero-order valence-electron chi connectivity index (χ0n) is 8.74. The summed E-state index contributed by atoms with van der Waals surface area (Å²) in [6.45, 7) is 0.558. The largest absolute Gasteiger partial charge is 0.480 e. The summed E-state index contributed by atoms with van der Waals surface area (Å²) in [6.07, 6.45) is 3.77.